The molecule has 1 aliphatic carbocycles. The molecule has 0 bridgehead atoms. The Hall–Kier alpha value is -0.0400. The normalized spacial score (nSPS) is 22.8. The van der Waals surface area contributed by atoms with Crippen molar-refractivity contribution >= 4 is 0 Å². The van der Waals surface area contributed by atoms with E-state index in [-0.39, 0.29) is 0 Å². The standard InChI is InChI=1S/C11H23N/c1-9(2)5-4-6-10(12)11(3)7-8-11/h9-10H,4-8,12H2,1-3H3. The first-order chi connectivity index (χ1) is 5.54. The molecule has 1 fully saturated rings. The van der Waals surface area contributed by atoms with E-state index in [4.69, 9.17) is 5.73 Å². The third-order valence-electron chi connectivity index (χ3n) is 3.23. The molecule has 12 heavy (non-hydrogen) atoms. The van der Waals surface area contributed by atoms with Gasteiger partial charge in [-0.2, -0.15) is 0 Å². The Morgan fingerprint density at radius 2 is 1.83 bits per heavy atom. The Morgan fingerprint density at radius 1 is 1.25 bits per heavy atom. The molecule has 0 amide bonds. The van der Waals surface area contributed by atoms with E-state index >= 15 is 0 Å². The van der Waals surface area contributed by atoms with Gasteiger partial charge in [-0.15, -0.1) is 0 Å². The summed E-state index contributed by atoms with van der Waals surface area (Å²) in [6.07, 6.45) is 6.60. The van der Waals surface area contributed by atoms with Crippen molar-refractivity contribution in [2.24, 2.45) is 17.1 Å². The van der Waals surface area contributed by atoms with E-state index < -0.39 is 0 Å². The highest BCUT2D eigenvalue weighted by Gasteiger charge is 2.42. The lowest BCUT2D eigenvalue weighted by Gasteiger charge is -2.18. The molecule has 2 N–H and O–H groups in total. The minimum absolute atomic E-state index is 0.469. The van der Waals surface area contributed by atoms with Crippen LogP contribution >= 0.6 is 0 Å². The van der Waals surface area contributed by atoms with Crippen molar-refractivity contribution in [1.82, 2.24) is 0 Å². The molecular weight excluding hydrogens is 146 g/mol. The van der Waals surface area contributed by atoms with Crippen LogP contribution in [0.15, 0.2) is 0 Å². The average Bonchev–Trinajstić information content (AvgIpc) is 2.68. The molecule has 1 saturated carbocycles. The van der Waals surface area contributed by atoms with Crippen LogP contribution in [0.2, 0.25) is 0 Å². The molecule has 72 valence electrons. The van der Waals surface area contributed by atoms with Gasteiger partial charge in [0.15, 0.2) is 0 Å². The van der Waals surface area contributed by atoms with Crippen molar-refractivity contribution in [3.63, 3.8) is 0 Å². The van der Waals surface area contributed by atoms with Crippen molar-refractivity contribution < 1.29 is 0 Å². The van der Waals surface area contributed by atoms with Gasteiger partial charge in [0, 0.05) is 6.04 Å². The van der Waals surface area contributed by atoms with E-state index in [9.17, 15) is 0 Å². The van der Waals surface area contributed by atoms with Gasteiger partial charge in [-0.05, 0) is 30.6 Å². The lowest BCUT2D eigenvalue weighted by atomic mass is 9.93. The van der Waals surface area contributed by atoms with E-state index in [1.165, 1.54) is 32.1 Å². The van der Waals surface area contributed by atoms with Gasteiger partial charge < -0.3 is 5.73 Å². The predicted octanol–water partition coefficient (Wildman–Crippen LogP) is 2.94. The maximum atomic E-state index is 6.10. The van der Waals surface area contributed by atoms with Gasteiger partial charge in [0.05, 0.1) is 0 Å². The Balaban J connectivity index is 2.07. The first-order valence-corrected chi connectivity index (χ1v) is 5.30. The molecule has 0 spiro atoms. The zero-order chi connectivity index (χ0) is 9.19. The zero-order valence-electron chi connectivity index (χ0n) is 8.77. The molecule has 1 nitrogen and oxygen atoms in total. The summed E-state index contributed by atoms with van der Waals surface area (Å²) in [5.41, 5.74) is 6.62. The van der Waals surface area contributed by atoms with E-state index in [0.717, 1.165) is 5.92 Å². The molecule has 1 aliphatic rings. The molecule has 0 radical (unpaired) electrons. The van der Waals surface area contributed by atoms with E-state index in [1.807, 2.05) is 0 Å². The van der Waals surface area contributed by atoms with Crippen LogP contribution in [0, 0.1) is 11.3 Å². The first kappa shape index (κ1) is 10.0. The van der Waals surface area contributed by atoms with E-state index in [2.05, 4.69) is 20.8 Å². The van der Waals surface area contributed by atoms with Crippen molar-refractivity contribution in [1.29, 1.82) is 0 Å². The van der Waals surface area contributed by atoms with Crippen LogP contribution in [-0.2, 0) is 0 Å². The highest BCUT2D eigenvalue weighted by molar-refractivity contribution is 4.96. The van der Waals surface area contributed by atoms with E-state index in [0.29, 0.717) is 11.5 Å². The summed E-state index contributed by atoms with van der Waals surface area (Å²) in [4.78, 5) is 0. The lowest BCUT2D eigenvalue weighted by Crippen LogP contribution is -2.29. The third kappa shape index (κ3) is 2.78. The smallest absolute Gasteiger partial charge is 0.00929 e. The highest BCUT2D eigenvalue weighted by atomic mass is 14.7. The second-order valence-corrected chi connectivity index (χ2v) is 5.09. The van der Waals surface area contributed by atoms with Crippen molar-refractivity contribution in [3.05, 3.63) is 0 Å². The Morgan fingerprint density at radius 3 is 2.25 bits per heavy atom. The van der Waals surface area contributed by atoms with Crippen LogP contribution in [0.3, 0.4) is 0 Å². The van der Waals surface area contributed by atoms with Crippen LogP contribution in [0.4, 0.5) is 0 Å². The van der Waals surface area contributed by atoms with Gasteiger partial charge in [-0.1, -0.05) is 33.6 Å². The maximum absolute atomic E-state index is 6.10. The minimum Gasteiger partial charge on any atom is -0.327 e. The number of hydrogen-bond acceptors (Lipinski definition) is 1. The summed E-state index contributed by atoms with van der Waals surface area (Å²) in [5, 5.41) is 0. The second-order valence-electron chi connectivity index (χ2n) is 5.09. The Kier molecular flexibility index (Phi) is 3.16. The number of hydrogen-bond donors (Lipinski definition) is 1. The highest BCUT2D eigenvalue weighted by Crippen LogP contribution is 2.48. The van der Waals surface area contributed by atoms with Crippen molar-refractivity contribution in [3.8, 4) is 0 Å². The maximum Gasteiger partial charge on any atom is 0.00929 e. The third-order valence-corrected chi connectivity index (χ3v) is 3.23. The number of rotatable bonds is 5. The molecule has 0 aliphatic heterocycles. The van der Waals surface area contributed by atoms with Crippen LogP contribution in [0.5, 0.6) is 0 Å². The summed E-state index contributed by atoms with van der Waals surface area (Å²) in [5.74, 6) is 0.837. The largest absolute Gasteiger partial charge is 0.327 e. The van der Waals surface area contributed by atoms with Gasteiger partial charge in [-0.3, -0.25) is 0 Å². The SMILES string of the molecule is CC(C)CCCC(N)C1(C)CC1. The molecule has 0 aromatic carbocycles. The number of nitrogens with two attached hydrogens (primary N) is 1. The second kappa shape index (κ2) is 3.78. The Bertz CT molecular complexity index is 136. The van der Waals surface area contributed by atoms with Gasteiger partial charge in [-0.25, -0.2) is 0 Å². The van der Waals surface area contributed by atoms with Gasteiger partial charge in [0.2, 0.25) is 0 Å². The fourth-order valence-corrected chi connectivity index (χ4v) is 1.66. The molecular formula is C11H23N. The Labute approximate surface area is 76.7 Å². The van der Waals surface area contributed by atoms with Crippen LogP contribution < -0.4 is 5.73 Å². The molecule has 0 aromatic heterocycles. The molecule has 0 saturated heterocycles. The van der Waals surface area contributed by atoms with E-state index in [1.54, 1.807) is 0 Å². The average molecular weight is 169 g/mol. The summed E-state index contributed by atoms with van der Waals surface area (Å²) in [6.45, 7) is 6.89. The molecule has 0 aromatic rings. The topological polar surface area (TPSA) is 26.0 Å². The predicted molar refractivity (Wildman–Crippen MR) is 54.0 cm³/mol. The van der Waals surface area contributed by atoms with Gasteiger partial charge in [0.1, 0.15) is 0 Å². The quantitative estimate of drug-likeness (QED) is 0.673. The zero-order valence-corrected chi connectivity index (χ0v) is 8.77. The summed E-state index contributed by atoms with van der Waals surface area (Å²) >= 11 is 0. The van der Waals surface area contributed by atoms with Crippen LogP contribution in [-0.4, -0.2) is 6.04 Å². The van der Waals surface area contributed by atoms with Gasteiger partial charge >= 0.3 is 0 Å². The molecule has 1 unspecified atom stereocenters. The molecule has 0 heterocycles. The van der Waals surface area contributed by atoms with Crippen molar-refractivity contribution in [2.75, 3.05) is 0 Å². The molecule has 1 rings (SSSR count). The van der Waals surface area contributed by atoms with Crippen LogP contribution in [0.25, 0.3) is 0 Å². The summed E-state index contributed by atoms with van der Waals surface area (Å²) in [6, 6.07) is 0.469. The fraction of sp³-hybridized carbons (Fsp3) is 1.00. The minimum atomic E-state index is 0.469. The molecule has 1 heteroatoms. The van der Waals surface area contributed by atoms with Crippen molar-refractivity contribution in [2.45, 2.75) is 58.9 Å². The van der Waals surface area contributed by atoms with Gasteiger partial charge in [0.25, 0.3) is 0 Å². The lowest BCUT2D eigenvalue weighted by molar-refractivity contribution is 0.386. The fourth-order valence-electron chi connectivity index (χ4n) is 1.66. The summed E-state index contributed by atoms with van der Waals surface area (Å²) in [7, 11) is 0. The summed E-state index contributed by atoms with van der Waals surface area (Å²) < 4.78 is 0. The molecule has 1 atom stereocenters. The monoisotopic (exact) mass is 169 g/mol. The van der Waals surface area contributed by atoms with Crippen LogP contribution in [0.1, 0.15) is 52.9 Å². The first-order valence-electron chi connectivity index (χ1n) is 5.30.